The van der Waals surface area contributed by atoms with E-state index >= 15 is 0 Å². The highest BCUT2D eigenvalue weighted by molar-refractivity contribution is 5.94. The lowest BCUT2D eigenvalue weighted by Crippen LogP contribution is -2.56. The summed E-state index contributed by atoms with van der Waals surface area (Å²) in [6, 6.07) is -5.23. The first-order valence-electron chi connectivity index (χ1n) is 8.96. The van der Waals surface area contributed by atoms with Gasteiger partial charge in [-0.1, -0.05) is 0 Å². The number of hydrogen-bond acceptors (Lipinski definition) is 8. The van der Waals surface area contributed by atoms with Gasteiger partial charge in [-0.05, 0) is 19.8 Å². The number of aliphatic carboxylic acids is 1. The summed E-state index contributed by atoms with van der Waals surface area (Å²) in [6.45, 7) is 0.638. The maximum absolute atomic E-state index is 12.5. The Bertz CT molecular complexity index is 670. The van der Waals surface area contributed by atoms with Crippen LogP contribution in [0.4, 0.5) is 0 Å². The van der Waals surface area contributed by atoms with Crippen LogP contribution < -0.4 is 33.2 Å². The summed E-state index contributed by atoms with van der Waals surface area (Å²) < 4.78 is 0. The van der Waals surface area contributed by atoms with Crippen molar-refractivity contribution in [3.05, 3.63) is 0 Å². The van der Waals surface area contributed by atoms with Gasteiger partial charge in [-0.15, -0.1) is 0 Å². The average Bonchev–Trinajstić information content (AvgIpc) is 2.66. The summed E-state index contributed by atoms with van der Waals surface area (Å²) in [5, 5.41) is 24.7. The summed E-state index contributed by atoms with van der Waals surface area (Å²) in [4.78, 5) is 69.6. The van der Waals surface area contributed by atoms with Crippen LogP contribution in [0.5, 0.6) is 0 Å². The van der Waals surface area contributed by atoms with Crippen molar-refractivity contribution in [1.29, 1.82) is 0 Å². The number of amides is 5. The van der Waals surface area contributed by atoms with Gasteiger partial charge in [0.2, 0.25) is 29.5 Å². The molecule has 0 aromatic rings. The van der Waals surface area contributed by atoms with E-state index in [4.69, 9.17) is 22.3 Å². The standard InChI is InChI=1S/C16H28N6O8/c1-7(20-14(27)8(17)6-23)13(26)21-9(2-4-11(18)24)15(28)22-10(16(29)30)3-5-12(19)25/h7-10,23H,2-6,17H2,1H3,(H2,18,24)(H2,19,25)(H,20,27)(H,21,26)(H,22,28)(H,29,30). The minimum absolute atomic E-state index is 0.244. The van der Waals surface area contributed by atoms with Crippen molar-refractivity contribution in [2.24, 2.45) is 17.2 Å². The third-order valence-corrected chi connectivity index (χ3v) is 3.89. The predicted molar refractivity (Wildman–Crippen MR) is 101 cm³/mol. The minimum atomic E-state index is -1.46. The van der Waals surface area contributed by atoms with Gasteiger partial charge in [-0.25, -0.2) is 4.79 Å². The lowest BCUT2D eigenvalue weighted by atomic mass is 10.1. The molecular formula is C16H28N6O8. The SMILES string of the molecule is CC(NC(=O)C(N)CO)C(=O)NC(CCC(N)=O)C(=O)NC(CCC(N)=O)C(=O)O. The van der Waals surface area contributed by atoms with E-state index in [0.29, 0.717) is 0 Å². The lowest BCUT2D eigenvalue weighted by Gasteiger charge is -2.23. The van der Waals surface area contributed by atoms with Crippen LogP contribution in [0.15, 0.2) is 0 Å². The molecule has 0 aliphatic carbocycles. The molecule has 170 valence electrons. The van der Waals surface area contributed by atoms with Gasteiger partial charge >= 0.3 is 5.97 Å². The molecule has 0 saturated heterocycles. The Morgan fingerprint density at radius 1 is 0.800 bits per heavy atom. The molecule has 0 bridgehead atoms. The van der Waals surface area contributed by atoms with Gasteiger partial charge in [0, 0.05) is 12.8 Å². The molecule has 11 N–H and O–H groups in total. The monoisotopic (exact) mass is 432 g/mol. The average molecular weight is 432 g/mol. The number of nitrogens with one attached hydrogen (secondary N) is 3. The highest BCUT2D eigenvalue weighted by atomic mass is 16.4. The summed E-state index contributed by atoms with van der Waals surface area (Å²) in [6.07, 6.45) is -1.12. The van der Waals surface area contributed by atoms with Crippen molar-refractivity contribution in [2.75, 3.05) is 6.61 Å². The van der Waals surface area contributed by atoms with Gasteiger partial charge in [0.1, 0.15) is 24.2 Å². The fourth-order valence-corrected chi connectivity index (χ4v) is 2.14. The van der Waals surface area contributed by atoms with E-state index in [0.717, 1.165) is 0 Å². The predicted octanol–water partition coefficient (Wildman–Crippen LogP) is -4.60. The van der Waals surface area contributed by atoms with Gasteiger partial charge < -0.3 is 43.4 Å². The molecule has 30 heavy (non-hydrogen) atoms. The zero-order valence-corrected chi connectivity index (χ0v) is 16.4. The highest BCUT2D eigenvalue weighted by Gasteiger charge is 2.29. The molecule has 0 rings (SSSR count). The van der Waals surface area contributed by atoms with Crippen LogP contribution >= 0.6 is 0 Å². The molecule has 0 aliphatic rings. The third kappa shape index (κ3) is 10.3. The number of carbonyl (C=O) groups excluding carboxylic acids is 5. The number of carboxylic acid groups (broad SMARTS) is 1. The molecule has 0 aliphatic heterocycles. The second-order valence-electron chi connectivity index (χ2n) is 6.49. The Hall–Kier alpha value is -3.26. The van der Waals surface area contributed by atoms with Gasteiger partial charge in [-0.2, -0.15) is 0 Å². The van der Waals surface area contributed by atoms with Crippen LogP contribution in [0.3, 0.4) is 0 Å². The zero-order valence-electron chi connectivity index (χ0n) is 16.4. The van der Waals surface area contributed by atoms with Crippen molar-refractivity contribution in [3.8, 4) is 0 Å². The first kappa shape index (κ1) is 26.7. The largest absolute Gasteiger partial charge is 0.480 e. The maximum atomic E-state index is 12.5. The minimum Gasteiger partial charge on any atom is -0.480 e. The van der Waals surface area contributed by atoms with E-state index in [1.165, 1.54) is 6.92 Å². The molecule has 0 radical (unpaired) electrons. The van der Waals surface area contributed by atoms with E-state index in [1.807, 2.05) is 0 Å². The molecule has 14 nitrogen and oxygen atoms in total. The van der Waals surface area contributed by atoms with E-state index in [2.05, 4.69) is 16.0 Å². The molecule has 0 saturated carbocycles. The Morgan fingerprint density at radius 3 is 1.70 bits per heavy atom. The smallest absolute Gasteiger partial charge is 0.326 e. The Balaban J connectivity index is 5.18. The molecule has 4 atom stereocenters. The van der Waals surface area contributed by atoms with Crippen molar-refractivity contribution in [2.45, 2.75) is 56.8 Å². The van der Waals surface area contributed by atoms with Crippen LogP contribution in [0.2, 0.25) is 0 Å². The van der Waals surface area contributed by atoms with E-state index in [-0.39, 0.29) is 25.7 Å². The molecule has 5 amide bonds. The van der Waals surface area contributed by atoms with Gasteiger partial charge in [0.15, 0.2) is 0 Å². The summed E-state index contributed by atoms with van der Waals surface area (Å²) >= 11 is 0. The first-order valence-corrected chi connectivity index (χ1v) is 8.96. The van der Waals surface area contributed by atoms with Crippen LogP contribution in [-0.4, -0.2) is 76.5 Å². The zero-order chi connectivity index (χ0) is 23.4. The molecule has 0 heterocycles. The fourth-order valence-electron chi connectivity index (χ4n) is 2.14. The van der Waals surface area contributed by atoms with Gasteiger partial charge in [0.05, 0.1) is 6.61 Å². The molecule has 0 aromatic carbocycles. The maximum Gasteiger partial charge on any atom is 0.326 e. The number of carboxylic acids is 1. The van der Waals surface area contributed by atoms with Gasteiger partial charge in [0.25, 0.3) is 0 Å². The highest BCUT2D eigenvalue weighted by Crippen LogP contribution is 2.03. The molecular weight excluding hydrogens is 404 g/mol. The number of rotatable bonds is 14. The quantitative estimate of drug-likeness (QED) is 0.131. The molecule has 0 spiro atoms. The molecule has 0 fully saturated rings. The molecule has 0 aromatic heterocycles. The number of hydrogen-bond donors (Lipinski definition) is 8. The number of aliphatic hydroxyl groups excluding tert-OH is 1. The molecule has 14 heteroatoms. The number of primary amides is 2. The Kier molecular flexibility index (Phi) is 11.6. The fraction of sp³-hybridized carbons (Fsp3) is 0.625. The van der Waals surface area contributed by atoms with Crippen molar-refractivity contribution < 1.29 is 39.0 Å². The van der Waals surface area contributed by atoms with Crippen molar-refractivity contribution in [3.63, 3.8) is 0 Å². The van der Waals surface area contributed by atoms with Crippen molar-refractivity contribution in [1.82, 2.24) is 16.0 Å². The summed E-state index contributed by atoms with van der Waals surface area (Å²) in [5.74, 6) is -5.53. The van der Waals surface area contributed by atoms with Crippen LogP contribution in [0.25, 0.3) is 0 Å². The van der Waals surface area contributed by atoms with Crippen molar-refractivity contribution >= 4 is 35.5 Å². The van der Waals surface area contributed by atoms with E-state index in [1.54, 1.807) is 0 Å². The first-order chi connectivity index (χ1) is 13.9. The topological polar surface area (TPSA) is 257 Å². The number of carbonyl (C=O) groups is 6. The summed E-state index contributed by atoms with van der Waals surface area (Å²) in [7, 11) is 0. The van der Waals surface area contributed by atoms with E-state index in [9.17, 15) is 33.9 Å². The third-order valence-electron chi connectivity index (χ3n) is 3.89. The van der Waals surface area contributed by atoms with Crippen LogP contribution in [0, 0.1) is 0 Å². The second kappa shape index (κ2) is 13.1. The number of aliphatic hydroxyl groups is 1. The Morgan fingerprint density at radius 2 is 1.27 bits per heavy atom. The van der Waals surface area contributed by atoms with Crippen LogP contribution in [0.1, 0.15) is 32.6 Å². The number of nitrogens with two attached hydrogens (primary N) is 3. The van der Waals surface area contributed by atoms with E-state index < -0.39 is 66.3 Å². The molecule has 4 unspecified atom stereocenters. The lowest BCUT2D eigenvalue weighted by molar-refractivity contribution is -0.142. The Labute approximate surface area is 171 Å². The second-order valence-corrected chi connectivity index (χ2v) is 6.49. The van der Waals surface area contributed by atoms with Gasteiger partial charge in [-0.3, -0.25) is 24.0 Å². The normalized spacial score (nSPS) is 14.5. The summed E-state index contributed by atoms with van der Waals surface area (Å²) in [5.41, 5.74) is 15.4. The van der Waals surface area contributed by atoms with Crippen LogP contribution in [-0.2, 0) is 28.8 Å².